The Morgan fingerprint density at radius 3 is 3.00 bits per heavy atom. The van der Waals surface area contributed by atoms with Crippen LogP contribution >= 0.6 is 11.8 Å². The number of carbonyl (C=O) groups is 2. The van der Waals surface area contributed by atoms with E-state index in [0.29, 0.717) is 6.54 Å². The Kier molecular flexibility index (Phi) is 4.25. The minimum Gasteiger partial charge on any atom is -0.325 e. The lowest BCUT2D eigenvalue weighted by molar-refractivity contribution is -0.116. The number of amides is 2. The topological polar surface area (TPSA) is 49.4 Å². The van der Waals surface area contributed by atoms with Crippen molar-refractivity contribution in [3.05, 3.63) is 29.8 Å². The maximum absolute atomic E-state index is 11.8. The molecule has 5 heteroatoms. The van der Waals surface area contributed by atoms with Crippen LogP contribution in [0.25, 0.3) is 0 Å². The summed E-state index contributed by atoms with van der Waals surface area (Å²) in [5.74, 6) is 0.636. The first-order valence-electron chi connectivity index (χ1n) is 5.99. The highest BCUT2D eigenvalue weighted by atomic mass is 32.2. The fourth-order valence-corrected chi connectivity index (χ4v) is 2.64. The Morgan fingerprint density at radius 1 is 1.50 bits per heavy atom. The maximum Gasteiger partial charge on any atom is 0.282 e. The minimum atomic E-state index is -0.140. The third-order valence-corrected chi connectivity index (χ3v) is 3.69. The molecule has 1 aromatic rings. The van der Waals surface area contributed by atoms with Crippen LogP contribution in [0.4, 0.5) is 10.5 Å². The van der Waals surface area contributed by atoms with Crippen LogP contribution in [0.2, 0.25) is 0 Å². The summed E-state index contributed by atoms with van der Waals surface area (Å²) in [6.07, 6.45) is 0.935. The summed E-state index contributed by atoms with van der Waals surface area (Å²) in [6, 6.07) is 7.76. The van der Waals surface area contributed by atoms with Crippen LogP contribution in [0.15, 0.2) is 24.3 Å². The third kappa shape index (κ3) is 3.26. The van der Waals surface area contributed by atoms with Gasteiger partial charge in [-0.25, -0.2) is 0 Å². The monoisotopic (exact) mass is 264 g/mol. The van der Waals surface area contributed by atoms with E-state index in [1.807, 2.05) is 24.3 Å². The first-order valence-corrected chi connectivity index (χ1v) is 6.98. The molecular formula is C13H16N2O2S. The van der Waals surface area contributed by atoms with E-state index in [9.17, 15) is 9.59 Å². The van der Waals surface area contributed by atoms with Gasteiger partial charge in [0.25, 0.3) is 5.24 Å². The number of rotatable bonds is 4. The van der Waals surface area contributed by atoms with Gasteiger partial charge in [0.05, 0.1) is 0 Å². The van der Waals surface area contributed by atoms with Crippen molar-refractivity contribution in [2.45, 2.75) is 13.3 Å². The average molecular weight is 264 g/mol. The van der Waals surface area contributed by atoms with Gasteiger partial charge in [-0.2, -0.15) is 0 Å². The predicted octanol–water partition coefficient (Wildman–Crippen LogP) is 2.36. The van der Waals surface area contributed by atoms with Gasteiger partial charge in [0.1, 0.15) is 6.54 Å². The van der Waals surface area contributed by atoms with Crippen LogP contribution in [-0.4, -0.2) is 34.9 Å². The third-order valence-electron chi connectivity index (χ3n) is 2.80. The molecule has 0 atom stereocenters. The summed E-state index contributed by atoms with van der Waals surface area (Å²) >= 11 is 1.27. The molecule has 0 unspecified atom stereocenters. The summed E-state index contributed by atoms with van der Waals surface area (Å²) in [6.45, 7) is 2.87. The van der Waals surface area contributed by atoms with Crippen LogP contribution < -0.4 is 5.32 Å². The van der Waals surface area contributed by atoms with Gasteiger partial charge in [-0.3, -0.25) is 9.59 Å². The van der Waals surface area contributed by atoms with E-state index >= 15 is 0 Å². The largest absolute Gasteiger partial charge is 0.325 e. The fourth-order valence-electron chi connectivity index (χ4n) is 1.81. The molecule has 4 nitrogen and oxygen atoms in total. The molecule has 1 heterocycles. The van der Waals surface area contributed by atoms with Crippen LogP contribution in [0.5, 0.6) is 0 Å². The number of hydrogen-bond acceptors (Lipinski definition) is 3. The summed E-state index contributed by atoms with van der Waals surface area (Å²) in [5, 5.41) is 2.82. The number of anilines is 1. The second-order valence-corrected chi connectivity index (χ2v) is 5.18. The normalized spacial score (nSPS) is 14.9. The number of thioether (sulfide) groups is 1. The van der Waals surface area contributed by atoms with Gasteiger partial charge in [0.2, 0.25) is 5.91 Å². The van der Waals surface area contributed by atoms with E-state index in [4.69, 9.17) is 0 Å². The van der Waals surface area contributed by atoms with Crippen LogP contribution in [-0.2, 0) is 11.2 Å². The van der Waals surface area contributed by atoms with E-state index in [2.05, 4.69) is 12.2 Å². The van der Waals surface area contributed by atoms with Crippen LogP contribution in [0.3, 0.4) is 0 Å². The molecule has 1 aliphatic rings. The smallest absolute Gasteiger partial charge is 0.282 e. The Hall–Kier alpha value is -1.49. The molecule has 0 saturated carbocycles. The number of benzene rings is 1. The fraction of sp³-hybridized carbons (Fsp3) is 0.385. The van der Waals surface area contributed by atoms with E-state index < -0.39 is 0 Å². The zero-order valence-electron chi connectivity index (χ0n) is 10.3. The summed E-state index contributed by atoms with van der Waals surface area (Å²) in [4.78, 5) is 24.7. The van der Waals surface area contributed by atoms with Crippen molar-refractivity contribution in [2.75, 3.05) is 24.2 Å². The lowest BCUT2D eigenvalue weighted by atomic mass is 10.1. The van der Waals surface area contributed by atoms with Crippen molar-refractivity contribution >= 4 is 28.6 Å². The van der Waals surface area contributed by atoms with Gasteiger partial charge in [0, 0.05) is 18.0 Å². The highest BCUT2D eigenvalue weighted by Gasteiger charge is 2.23. The minimum absolute atomic E-state index is 0.00698. The number of nitrogens with zero attached hydrogens (tertiary/aromatic N) is 1. The molecule has 1 aromatic carbocycles. The molecule has 2 amide bonds. The number of carbonyl (C=O) groups excluding carboxylic acids is 2. The molecule has 1 saturated heterocycles. The predicted molar refractivity (Wildman–Crippen MR) is 73.9 cm³/mol. The van der Waals surface area contributed by atoms with Gasteiger partial charge in [-0.05, 0) is 24.1 Å². The highest BCUT2D eigenvalue weighted by Crippen LogP contribution is 2.17. The van der Waals surface area contributed by atoms with Crippen molar-refractivity contribution in [2.24, 2.45) is 0 Å². The number of hydrogen-bond donors (Lipinski definition) is 1. The molecule has 1 N–H and O–H groups in total. The van der Waals surface area contributed by atoms with Gasteiger partial charge in [0.15, 0.2) is 0 Å². The van der Waals surface area contributed by atoms with Gasteiger partial charge in [-0.1, -0.05) is 30.8 Å². The standard InChI is InChI=1S/C13H16N2O2S/c1-2-10-4-3-5-11(8-10)14-12(16)9-15-6-7-18-13(15)17/h3-5,8H,2,6-7,9H2,1H3,(H,14,16). The van der Waals surface area contributed by atoms with Crippen molar-refractivity contribution in [3.8, 4) is 0 Å². The van der Waals surface area contributed by atoms with Gasteiger partial charge < -0.3 is 10.2 Å². The van der Waals surface area contributed by atoms with Gasteiger partial charge in [-0.15, -0.1) is 0 Å². The van der Waals surface area contributed by atoms with Crippen molar-refractivity contribution in [1.82, 2.24) is 4.90 Å². The Morgan fingerprint density at radius 2 is 2.33 bits per heavy atom. The van der Waals surface area contributed by atoms with Gasteiger partial charge >= 0.3 is 0 Å². The molecule has 1 aliphatic heterocycles. The quantitative estimate of drug-likeness (QED) is 0.908. The molecule has 0 aliphatic carbocycles. The molecule has 0 aromatic heterocycles. The molecule has 0 bridgehead atoms. The average Bonchev–Trinajstić information content (AvgIpc) is 2.75. The van der Waals surface area contributed by atoms with E-state index in [1.165, 1.54) is 17.3 Å². The molecule has 18 heavy (non-hydrogen) atoms. The molecular weight excluding hydrogens is 248 g/mol. The second kappa shape index (κ2) is 5.91. The summed E-state index contributed by atoms with van der Waals surface area (Å²) < 4.78 is 0. The molecule has 0 radical (unpaired) electrons. The van der Waals surface area contributed by atoms with Crippen LogP contribution in [0.1, 0.15) is 12.5 Å². The number of nitrogens with one attached hydrogen (secondary N) is 1. The Balaban J connectivity index is 1.92. The van der Waals surface area contributed by atoms with E-state index in [1.54, 1.807) is 4.90 Å². The molecule has 1 fully saturated rings. The van der Waals surface area contributed by atoms with Crippen molar-refractivity contribution in [3.63, 3.8) is 0 Å². The first-order chi connectivity index (χ1) is 8.69. The summed E-state index contributed by atoms with van der Waals surface area (Å²) in [7, 11) is 0. The maximum atomic E-state index is 11.8. The Bertz CT molecular complexity index is 462. The van der Waals surface area contributed by atoms with E-state index in [-0.39, 0.29) is 17.7 Å². The first kappa shape index (κ1) is 13.0. The van der Waals surface area contributed by atoms with Crippen molar-refractivity contribution < 1.29 is 9.59 Å². The molecule has 96 valence electrons. The number of aryl methyl sites for hydroxylation is 1. The van der Waals surface area contributed by atoms with Crippen molar-refractivity contribution in [1.29, 1.82) is 0 Å². The van der Waals surface area contributed by atoms with E-state index in [0.717, 1.165) is 17.9 Å². The lowest BCUT2D eigenvalue weighted by Gasteiger charge is -2.14. The highest BCUT2D eigenvalue weighted by molar-refractivity contribution is 8.13. The van der Waals surface area contributed by atoms with Crippen LogP contribution in [0, 0.1) is 0 Å². The molecule has 2 rings (SSSR count). The zero-order chi connectivity index (χ0) is 13.0. The summed E-state index contributed by atoms with van der Waals surface area (Å²) in [5.41, 5.74) is 1.97. The lowest BCUT2D eigenvalue weighted by Crippen LogP contribution is -2.33. The molecule has 0 spiro atoms. The zero-order valence-corrected chi connectivity index (χ0v) is 11.1. The Labute approximate surface area is 111 Å². The second-order valence-electron chi connectivity index (χ2n) is 4.14. The SMILES string of the molecule is CCc1cccc(NC(=O)CN2CCSC2=O)c1.